The third kappa shape index (κ3) is 6.96. The molecule has 176 valence electrons. The molecule has 3 rings (SSSR count). The van der Waals surface area contributed by atoms with Gasteiger partial charge in [-0.2, -0.15) is 13.2 Å². The number of amides is 1. The minimum Gasteiger partial charge on any atom is -0.489 e. The molecule has 0 aliphatic carbocycles. The first-order valence-electron chi connectivity index (χ1n) is 10.1. The van der Waals surface area contributed by atoms with Gasteiger partial charge in [-0.15, -0.1) is 5.10 Å². The summed E-state index contributed by atoms with van der Waals surface area (Å²) in [6, 6.07) is 10.8. The van der Waals surface area contributed by atoms with Crippen molar-refractivity contribution in [3.8, 4) is 17.1 Å². The summed E-state index contributed by atoms with van der Waals surface area (Å²) in [4.78, 5) is 16.8. The normalized spacial score (nSPS) is 11.4. The van der Waals surface area contributed by atoms with Gasteiger partial charge in [-0.25, -0.2) is 4.98 Å². The summed E-state index contributed by atoms with van der Waals surface area (Å²) < 4.78 is 49.6. The van der Waals surface area contributed by atoms with Gasteiger partial charge in [-0.1, -0.05) is 43.0 Å². The van der Waals surface area contributed by atoms with Crippen LogP contribution >= 0.6 is 11.8 Å². The van der Waals surface area contributed by atoms with Crippen molar-refractivity contribution in [3.05, 3.63) is 53.6 Å². The van der Waals surface area contributed by atoms with Gasteiger partial charge in [0.1, 0.15) is 12.4 Å². The summed E-state index contributed by atoms with van der Waals surface area (Å²) >= 11 is 1.06. The number of aromatic amines is 1. The number of ether oxygens (including phenoxy) is 2. The number of carbonyl (C=O) groups excluding carboxylic acids is 1. The maximum Gasteiger partial charge on any atom is 0.416 e. The van der Waals surface area contributed by atoms with Gasteiger partial charge in [0.25, 0.3) is 0 Å². The Balaban J connectivity index is 1.64. The first kappa shape index (κ1) is 24.6. The second-order valence-corrected chi connectivity index (χ2v) is 7.85. The predicted molar refractivity (Wildman–Crippen MR) is 119 cm³/mol. The Kier molecular flexibility index (Phi) is 8.34. The zero-order valence-electron chi connectivity index (χ0n) is 18.0. The lowest BCUT2D eigenvalue weighted by Gasteiger charge is -2.15. The van der Waals surface area contributed by atoms with E-state index in [0.29, 0.717) is 11.0 Å². The molecule has 1 heterocycles. The molecule has 7 nitrogen and oxygen atoms in total. The highest BCUT2D eigenvalue weighted by atomic mass is 32.2. The number of H-pyrrole nitrogens is 1. The molecule has 0 spiro atoms. The van der Waals surface area contributed by atoms with Gasteiger partial charge in [0, 0.05) is 12.7 Å². The van der Waals surface area contributed by atoms with Crippen LogP contribution in [0.4, 0.5) is 18.9 Å². The highest BCUT2D eigenvalue weighted by Crippen LogP contribution is 2.35. The molecule has 0 atom stereocenters. The average molecular weight is 481 g/mol. The number of methoxy groups -OCH3 is 1. The Morgan fingerprint density at radius 3 is 2.58 bits per heavy atom. The molecule has 0 saturated carbocycles. The van der Waals surface area contributed by atoms with Crippen LogP contribution in [0.25, 0.3) is 11.4 Å². The van der Waals surface area contributed by atoms with Gasteiger partial charge in [-0.05, 0) is 30.2 Å². The van der Waals surface area contributed by atoms with Crippen LogP contribution in [0.15, 0.2) is 47.6 Å². The Labute approximate surface area is 193 Å². The highest BCUT2D eigenvalue weighted by Gasteiger charge is 2.31. The SMILES string of the molecule is CCc1ccc(-c2nc(SCC(=O)Nc3cc(C(F)(F)F)ccc3OCCOC)n[nH]2)cc1. The molecule has 2 aromatic carbocycles. The fraction of sp³-hybridized carbons (Fsp3) is 0.318. The Bertz CT molecular complexity index is 1070. The number of benzene rings is 2. The Morgan fingerprint density at radius 1 is 1.15 bits per heavy atom. The molecule has 0 aliphatic heterocycles. The summed E-state index contributed by atoms with van der Waals surface area (Å²) in [6.45, 7) is 2.44. The number of hydrogen-bond acceptors (Lipinski definition) is 6. The summed E-state index contributed by atoms with van der Waals surface area (Å²) in [5, 5.41) is 9.74. The van der Waals surface area contributed by atoms with Crippen LogP contribution in [-0.2, 0) is 22.1 Å². The third-order valence-electron chi connectivity index (χ3n) is 4.56. The van der Waals surface area contributed by atoms with Crippen LogP contribution in [0.1, 0.15) is 18.1 Å². The molecule has 0 saturated heterocycles. The van der Waals surface area contributed by atoms with E-state index in [1.54, 1.807) is 0 Å². The van der Waals surface area contributed by atoms with Crippen LogP contribution in [-0.4, -0.2) is 47.2 Å². The van der Waals surface area contributed by atoms with Crippen LogP contribution in [0, 0.1) is 0 Å². The minimum atomic E-state index is -4.55. The topological polar surface area (TPSA) is 89.1 Å². The van der Waals surface area contributed by atoms with E-state index in [1.807, 2.05) is 24.3 Å². The van der Waals surface area contributed by atoms with Gasteiger partial charge in [0.2, 0.25) is 11.1 Å². The first-order valence-corrected chi connectivity index (χ1v) is 11.1. The van der Waals surface area contributed by atoms with Crippen LogP contribution < -0.4 is 10.1 Å². The van der Waals surface area contributed by atoms with E-state index >= 15 is 0 Å². The Hall–Kier alpha value is -3.05. The second-order valence-electron chi connectivity index (χ2n) is 6.90. The first-order chi connectivity index (χ1) is 15.8. The maximum absolute atomic E-state index is 13.1. The molecular weight excluding hydrogens is 457 g/mol. The molecule has 1 amide bonds. The molecule has 0 radical (unpaired) electrons. The molecule has 2 N–H and O–H groups in total. The molecule has 0 unspecified atom stereocenters. The van der Waals surface area contributed by atoms with Gasteiger partial charge in [0.05, 0.1) is 23.6 Å². The van der Waals surface area contributed by atoms with Gasteiger partial charge < -0.3 is 14.8 Å². The van der Waals surface area contributed by atoms with E-state index in [4.69, 9.17) is 9.47 Å². The summed E-state index contributed by atoms with van der Waals surface area (Å²) in [6.07, 6.45) is -3.62. The number of nitrogens with one attached hydrogen (secondary N) is 2. The van der Waals surface area contributed by atoms with Crippen LogP contribution in [0.2, 0.25) is 0 Å². The zero-order valence-corrected chi connectivity index (χ0v) is 18.8. The van der Waals surface area contributed by atoms with Crippen LogP contribution in [0.3, 0.4) is 0 Å². The molecule has 0 aliphatic rings. The number of aryl methyl sites for hydroxylation is 1. The van der Waals surface area contributed by atoms with Crippen molar-refractivity contribution in [1.82, 2.24) is 15.2 Å². The average Bonchev–Trinajstić information content (AvgIpc) is 3.27. The molecule has 0 fully saturated rings. The van der Waals surface area contributed by atoms with E-state index in [-0.39, 0.29) is 30.4 Å². The molecule has 0 bridgehead atoms. The van der Waals surface area contributed by atoms with E-state index in [0.717, 1.165) is 35.9 Å². The third-order valence-corrected chi connectivity index (χ3v) is 5.41. The lowest BCUT2D eigenvalue weighted by molar-refractivity contribution is -0.137. The monoisotopic (exact) mass is 480 g/mol. The van der Waals surface area contributed by atoms with E-state index < -0.39 is 17.6 Å². The number of rotatable bonds is 10. The number of alkyl halides is 3. The summed E-state index contributed by atoms with van der Waals surface area (Å²) in [5.41, 5.74) is 1.10. The van der Waals surface area contributed by atoms with Crippen molar-refractivity contribution >= 4 is 23.4 Å². The van der Waals surface area contributed by atoms with Gasteiger partial charge in [0.15, 0.2) is 5.82 Å². The largest absolute Gasteiger partial charge is 0.489 e. The van der Waals surface area contributed by atoms with Crippen molar-refractivity contribution < 1.29 is 27.4 Å². The number of nitrogens with zero attached hydrogens (tertiary/aromatic N) is 2. The van der Waals surface area contributed by atoms with E-state index in [1.165, 1.54) is 18.7 Å². The fourth-order valence-electron chi connectivity index (χ4n) is 2.82. The Morgan fingerprint density at radius 2 is 1.91 bits per heavy atom. The van der Waals surface area contributed by atoms with Gasteiger partial charge >= 0.3 is 6.18 Å². The number of hydrogen-bond donors (Lipinski definition) is 2. The molecule has 3 aromatic rings. The smallest absolute Gasteiger partial charge is 0.416 e. The molecule has 1 aromatic heterocycles. The number of anilines is 1. The predicted octanol–water partition coefficient (Wildman–Crippen LogP) is 4.81. The quantitative estimate of drug-likeness (QED) is 0.320. The van der Waals surface area contributed by atoms with Crippen LogP contribution in [0.5, 0.6) is 5.75 Å². The lowest BCUT2D eigenvalue weighted by Crippen LogP contribution is -2.17. The van der Waals surface area contributed by atoms with Crippen molar-refractivity contribution in [2.75, 3.05) is 31.4 Å². The molecular formula is C22H23F3N4O3S. The number of halogens is 3. The minimum absolute atomic E-state index is 0.0711. The van der Waals surface area contributed by atoms with Crippen molar-refractivity contribution in [3.63, 3.8) is 0 Å². The maximum atomic E-state index is 13.1. The number of aromatic nitrogens is 3. The fourth-order valence-corrected chi connectivity index (χ4v) is 3.42. The second kappa shape index (κ2) is 11.2. The molecule has 11 heteroatoms. The number of thioether (sulfide) groups is 1. The van der Waals surface area contributed by atoms with Crippen molar-refractivity contribution in [2.45, 2.75) is 24.7 Å². The van der Waals surface area contributed by atoms with E-state index in [2.05, 4.69) is 27.4 Å². The van der Waals surface area contributed by atoms with E-state index in [9.17, 15) is 18.0 Å². The molecule has 33 heavy (non-hydrogen) atoms. The highest BCUT2D eigenvalue weighted by molar-refractivity contribution is 7.99. The summed E-state index contributed by atoms with van der Waals surface area (Å²) in [7, 11) is 1.48. The standard InChI is InChI=1S/C22H23F3N4O3S/c1-3-14-4-6-15(7-5-14)20-27-21(29-28-20)33-13-19(30)26-17-12-16(22(23,24)25)8-9-18(17)32-11-10-31-2/h4-9,12H,3,10-11,13H2,1-2H3,(H,26,30)(H,27,28,29). The van der Waals surface area contributed by atoms with Crippen molar-refractivity contribution in [1.29, 1.82) is 0 Å². The van der Waals surface area contributed by atoms with Gasteiger partial charge in [-0.3, -0.25) is 9.89 Å². The zero-order chi connectivity index (χ0) is 23.8. The lowest BCUT2D eigenvalue weighted by atomic mass is 10.1. The van der Waals surface area contributed by atoms with Crippen molar-refractivity contribution in [2.24, 2.45) is 0 Å². The summed E-state index contributed by atoms with van der Waals surface area (Å²) in [5.74, 6) is 0.0655. The number of carbonyl (C=O) groups is 1.